The molecule has 0 spiro atoms. The number of rotatable bonds is 8. The minimum atomic E-state index is -0.430. The number of benzene rings is 13. The highest BCUT2D eigenvalue weighted by molar-refractivity contribution is 6.14. The van der Waals surface area contributed by atoms with Crippen molar-refractivity contribution in [3.8, 4) is 44.5 Å². The van der Waals surface area contributed by atoms with E-state index in [1.165, 1.54) is 110 Å². The van der Waals surface area contributed by atoms with Crippen LogP contribution < -0.4 is 4.90 Å². The molecule has 336 valence electrons. The maximum atomic E-state index is 2.42. The first kappa shape index (κ1) is 41.7. The highest BCUT2D eigenvalue weighted by Crippen LogP contribution is 2.56. The van der Waals surface area contributed by atoms with E-state index >= 15 is 0 Å². The highest BCUT2D eigenvalue weighted by atomic mass is 15.1. The van der Waals surface area contributed by atoms with Crippen molar-refractivity contribution in [2.75, 3.05) is 4.90 Å². The van der Waals surface area contributed by atoms with Gasteiger partial charge in [0.25, 0.3) is 0 Å². The van der Waals surface area contributed by atoms with Gasteiger partial charge in [0.15, 0.2) is 0 Å². The topological polar surface area (TPSA) is 3.24 Å². The summed E-state index contributed by atoms with van der Waals surface area (Å²) in [4.78, 5) is 2.42. The van der Waals surface area contributed by atoms with E-state index in [4.69, 9.17) is 0 Å². The zero-order chi connectivity index (χ0) is 47.6. The standard InChI is InChI=1S/C71H47N/c1-3-21-56(22-4-1)71(57-23-5-2-6-24-57)69-32-14-13-31-65(69)68-46-52(39-42-70(68)71)48-37-40-58(41-38-48)72(59-25-15-19-51(43-59)53-36-35-50-34-33-49-17-7-9-27-61(49)66(50)45-53)60-26-16-20-54(44-60)67-47-55-18-8-10-28-62(55)63-29-11-12-30-64(63)67/h1-47H. The second-order valence-electron chi connectivity index (χ2n) is 19.2. The summed E-state index contributed by atoms with van der Waals surface area (Å²) >= 11 is 0. The van der Waals surface area contributed by atoms with Gasteiger partial charge in [0.1, 0.15) is 0 Å². The number of hydrogen-bond donors (Lipinski definition) is 0. The Kier molecular flexibility index (Phi) is 9.82. The van der Waals surface area contributed by atoms with E-state index in [-0.39, 0.29) is 0 Å². The number of fused-ring (bicyclic) bond motifs is 9. The van der Waals surface area contributed by atoms with Crippen molar-refractivity contribution in [1.82, 2.24) is 0 Å². The number of anilines is 3. The number of hydrogen-bond acceptors (Lipinski definition) is 1. The normalized spacial score (nSPS) is 12.6. The van der Waals surface area contributed by atoms with E-state index in [9.17, 15) is 0 Å². The van der Waals surface area contributed by atoms with Crippen LogP contribution in [0.15, 0.2) is 285 Å². The molecule has 0 saturated heterocycles. The molecule has 0 amide bonds. The van der Waals surface area contributed by atoms with Crippen LogP contribution >= 0.6 is 0 Å². The second-order valence-corrected chi connectivity index (χ2v) is 19.2. The average Bonchev–Trinajstić information content (AvgIpc) is 3.76. The van der Waals surface area contributed by atoms with Crippen LogP contribution in [0.3, 0.4) is 0 Å². The Hall–Kier alpha value is -9.30. The lowest BCUT2D eigenvalue weighted by molar-refractivity contribution is 0.768. The molecule has 0 aliphatic heterocycles. The Labute approximate surface area is 420 Å². The predicted octanol–water partition coefficient (Wildman–Crippen LogP) is 19.1. The van der Waals surface area contributed by atoms with E-state index in [1.54, 1.807) is 0 Å². The fraction of sp³-hybridized carbons (Fsp3) is 0.0141. The second kappa shape index (κ2) is 17.0. The molecule has 0 unspecified atom stereocenters. The molecule has 0 radical (unpaired) electrons. The van der Waals surface area contributed by atoms with Gasteiger partial charge in [0.2, 0.25) is 0 Å². The molecule has 0 bridgehead atoms. The van der Waals surface area contributed by atoms with E-state index < -0.39 is 5.41 Å². The summed E-state index contributed by atoms with van der Waals surface area (Å²) in [6.07, 6.45) is 0. The fourth-order valence-electron chi connectivity index (χ4n) is 12.0. The minimum Gasteiger partial charge on any atom is -0.310 e. The van der Waals surface area contributed by atoms with Crippen molar-refractivity contribution in [2.24, 2.45) is 0 Å². The summed E-state index contributed by atoms with van der Waals surface area (Å²) in [6.45, 7) is 0. The maximum absolute atomic E-state index is 2.42. The first-order valence-corrected chi connectivity index (χ1v) is 25.0. The lowest BCUT2D eigenvalue weighted by atomic mass is 9.67. The van der Waals surface area contributed by atoms with Crippen LogP contribution in [0.25, 0.3) is 87.6 Å². The van der Waals surface area contributed by atoms with Crippen LogP contribution in [-0.2, 0) is 5.41 Å². The summed E-state index contributed by atoms with van der Waals surface area (Å²) in [7, 11) is 0. The lowest BCUT2D eigenvalue weighted by Gasteiger charge is -2.33. The van der Waals surface area contributed by atoms with Crippen LogP contribution in [0, 0.1) is 0 Å². The smallest absolute Gasteiger partial charge is 0.0713 e. The van der Waals surface area contributed by atoms with E-state index in [0.717, 1.165) is 17.1 Å². The number of nitrogens with zero attached hydrogens (tertiary/aromatic N) is 1. The molecular weight excluding hydrogens is 867 g/mol. The van der Waals surface area contributed by atoms with Crippen LogP contribution in [0.5, 0.6) is 0 Å². The summed E-state index contributed by atoms with van der Waals surface area (Å²) in [5.74, 6) is 0. The van der Waals surface area contributed by atoms with Crippen molar-refractivity contribution in [1.29, 1.82) is 0 Å². The van der Waals surface area contributed by atoms with Gasteiger partial charge < -0.3 is 4.90 Å². The molecule has 1 nitrogen and oxygen atoms in total. The first-order chi connectivity index (χ1) is 35.7. The highest BCUT2D eigenvalue weighted by Gasteiger charge is 2.46. The summed E-state index contributed by atoms with van der Waals surface area (Å²) in [5.41, 5.74) is 17.7. The van der Waals surface area contributed by atoms with Gasteiger partial charge >= 0.3 is 0 Å². The quantitative estimate of drug-likeness (QED) is 0.137. The van der Waals surface area contributed by atoms with Gasteiger partial charge in [-0.3, -0.25) is 0 Å². The lowest BCUT2D eigenvalue weighted by Crippen LogP contribution is -2.28. The van der Waals surface area contributed by atoms with E-state index in [0.29, 0.717) is 0 Å². The molecule has 0 aromatic heterocycles. The van der Waals surface area contributed by atoms with E-state index in [2.05, 4.69) is 290 Å². The average molecular weight is 914 g/mol. The Morgan fingerprint density at radius 2 is 0.722 bits per heavy atom. The van der Waals surface area contributed by atoms with Crippen molar-refractivity contribution >= 4 is 60.2 Å². The monoisotopic (exact) mass is 913 g/mol. The molecule has 13 aromatic carbocycles. The van der Waals surface area contributed by atoms with Crippen molar-refractivity contribution in [3.05, 3.63) is 307 Å². The summed E-state index contributed by atoms with van der Waals surface area (Å²) in [5, 5.41) is 10.0. The third-order valence-corrected chi connectivity index (χ3v) is 15.3. The molecule has 0 atom stereocenters. The third kappa shape index (κ3) is 6.70. The molecule has 0 fully saturated rings. The zero-order valence-corrected chi connectivity index (χ0v) is 39.6. The molecule has 1 aliphatic carbocycles. The Bertz CT molecular complexity index is 4170. The molecule has 1 aliphatic rings. The van der Waals surface area contributed by atoms with Gasteiger partial charge in [-0.15, -0.1) is 0 Å². The largest absolute Gasteiger partial charge is 0.310 e. The Morgan fingerprint density at radius 3 is 1.46 bits per heavy atom. The van der Waals surface area contributed by atoms with Crippen LogP contribution in [0.4, 0.5) is 17.1 Å². The molecule has 72 heavy (non-hydrogen) atoms. The van der Waals surface area contributed by atoms with Crippen LogP contribution in [0.1, 0.15) is 22.3 Å². The zero-order valence-electron chi connectivity index (χ0n) is 39.6. The fourth-order valence-corrected chi connectivity index (χ4v) is 12.0. The van der Waals surface area contributed by atoms with Crippen molar-refractivity contribution in [2.45, 2.75) is 5.41 Å². The summed E-state index contributed by atoms with van der Waals surface area (Å²) < 4.78 is 0. The summed E-state index contributed by atoms with van der Waals surface area (Å²) in [6, 6.07) is 105. The molecular formula is C71H47N. The molecule has 13 aromatic rings. The molecule has 1 heteroatoms. The molecule has 0 N–H and O–H groups in total. The van der Waals surface area contributed by atoms with Gasteiger partial charge in [0, 0.05) is 17.1 Å². The minimum absolute atomic E-state index is 0.430. The third-order valence-electron chi connectivity index (χ3n) is 15.3. The predicted molar refractivity (Wildman–Crippen MR) is 305 cm³/mol. The molecule has 14 rings (SSSR count). The van der Waals surface area contributed by atoms with E-state index in [1.807, 2.05) is 0 Å². The van der Waals surface area contributed by atoms with Gasteiger partial charge in [-0.05, 0) is 164 Å². The molecule has 0 heterocycles. The first-order valence-electron chi connectivity index (χ1n) is 25.0. The van der Waals surface area contributed by atoms with Gasteiger partial charge in [0.05, 0.1) is 5.41 Å². The van der Waals surface area contributed by atoms with Crippen LogP contribution in [0.2, 0.25) is 0 Å². The van der Waals surface area contributed by atoms with Crippen molar-refractivity contribution in [3.63, 3.8) is 0 Å². The molecule has 0 saturated carbocycles. The van der Waals surface area contributed by atoms with Gasteiger partial charge in [-0.1, -0.05) is 231 Å². The Balaban J connectivity index is 0.905. The van der Waals surface area contributed by atoms with Crippen molar-refractivity contribution < 1.29 is 0 Å². The van der Waals surface area contributed by atoms with Gasteiger partial charge in [-0.25, -0.2) is 0 Å². The van der Waals surface area contributed by atoms with Gasteiger partial charge in [-0.2, -0.15) is 0 Å². The van der Waals surface area contributed by atoms with Crippen LogP contribution in [-0.4, -0.2) is 0 Å². The SMILES string of the molecule is c1ccc(C2(c3ccccc3)c3ccccc3-c3cc(-c4ccc(N(c5cccc(-c6ccc7ccc8ccccc8c7c6)c5)c5cccc(-c6cc7ccccc7c7ccccc67)c5)cc4)ccc32)cc1. The maximum Gasteiger partial charge on any atom is 0.0713 e. The Morgan fingerprint density at radius 1 is 0.222 bits per heavy atom.